The second-order valence-electron chi connectivity index (χ2n) is 10.2. The summed E-state index contributed by atoms with van der Waals surface area (Å²) in [7, 11) is 4.19. The summed E-state index contributed by atoms with van der Waals surface area (Å²) < 4.78 is 0. The Hall–Kier alpha value is -4.48. The molecular formula is C34H35N7OS2. The highest BCUT2D eigenvalue weighted by Crippen LogP contribution is 2.28. The van der Waals surface area contributed by atoms with E-state index in [1.165, 1.54) is 5.56 Å². The molecule has 0 fully saturated rings. The molecule has 0 spiro atoms. The van der Waals surface area contributed by atoms with Gasteiger partial charge in [0.1, 0.15) is 0 Å². The summed E-state index contributed by atoms with van der Waals surface area (Å²) in [6.07, 6.45) is 8.85. The molecule has 0 aliphatic carbocycles. The zero-order chi connectivity index (χ0) is 30.6. The Labute approximate surface area is 266 Å². The molecule has 0 atom stereocenters. The van der Waals surface area contributed by atoms with E-state index in [-0.39, 0.29) is 6.61 Å². The van der Waals surface area contributed by atoms with Crippen LogP contribution in [0, 0.1) is 0 Å². The van der Waals surface area contributed by atoms with Crippen molar-refractivity contribution in [1.29, 1.82) is 0 Å². The molecule has 0 aliphatic heterocycles. The predicted octanol–water partition coefficient (Wildman–Crippen LogP) is 7.54. The maximum absolute atomic E-state index is 8.91. The van der Waals surface area contributed by atoms with Gasteiger partial charge in [0, 0.05) is 71.2 Å². The fourth-order valence-corrected chi connectivity index (χ4v) is 5.69. The second kappa shape index (κ2) is 15.8. The van der Waals surface area contributed by atoms with Crippen molar-refractivity contribution in [2.45, 2.75) is 12.8 Å². The van der Waals surface area contributed by atoms with Crippen LogP contribution in [0.1, 0.15) is 11.1 Å². The molecule has 4 heterocycles. The molecule has 0 saturated heterocycles. The van der Waals surface area contributed by atoms with Crippen LogP contribution >= 0.6 is 22.7 Å². The average molecular weight is 622 g/mol. The Kier molecular flexibility index (Phi) is 11.1. The third-order valence-electron chi connectivity index (χ3n) is 6.62. The maximum atomic E-state index is 8.91. The standard InChI is InChI=1S/C18H20N4S.C16H15N3OS/c1-22(2)12-9-14-3-5-16(6-4-14)20-18-21-17(13-23-18)15-7-10-19-11-8-15;20-10-7-12-1-3-14(4-2-12)18-16-19-15(11-21-16)13-5-8-17-9-6-13/h3-8,10-11,13H,9,12H2,1-2H3,(H,20,21);1-6,8-9,11,20H,7,10H2,(H,18,19). The lowest BCUT2D eigenvalue weighted by atomic mass is 10.1. The van der Waals surface area contributed by atoms with Crippen LogP contribution in [0.25, 0.3) is 22.5 Å². The summed E-state index contributed by atoms with van der Waals surface area (Å²) in [6.45, 7) is 1.24. The Balaban J connectivity index is 0.000000175. The van der Waals surface area contributed by atoms with Gasteiger partial charge in [0.05, 0.1) is 11.4 Å². The van der Waals surface area contributed by atoms with Crippen LogP contribution in [0.5, 0.6) is 0 Å². The van der Waals surface area contributed by atoms with Crippen molar-refractivity contribution in [1.82, 2.24) is 24.8 Å². The van der Waals surface area contributed by atoms with E-state index in [1.54, 1.807) is 47.5 Å². The van der Waals surface area contributed by atoms with Crippen molar-refractivity contribution in [2.24, 2.45) is 0 Å². The van der Waals surface area contributed by atoms with Gasteiger partial charge in [0.2, 0.25) is 0 Å². The van der Waals surface area contributed by atoms with Crippen LogP contribution in [0.2, 0.25) is 0 Å². The van der Waals surface area contributed by atoms with E-state index < -0.39 is 0 Å². The van der Waals surface area contributed by atoms with E-state index in [1.807, 2.05) is 53.9 Å². The number of pyridine rings is 2. The predicted molar refractivity (Wildman–Crippen MR) is 183 cm³/mol. The third-order valence-corrected chi connectivity index (χ3v) is 8.13. The van der Waals surface area contributed by atoms with Gasteiger partial charge in [-0.2, -0.15) is 0 Å². The first-order valence-corrected chi connectivity index (χ1v) is 16.0. The van der Waals surface area contributed by atoms with E-state index in [2.05, 4.69) is 79.2 Å². The Morgan fingerprint density at radius 2 is 1.05 bits per heavy atom. The number of hydrogen-bond donors (Lipinski definition) is 3. The molecule has 0 unspecified atom stereocenters. The highest BCUT2D eigenvalue weighted by Gasteiger charge is 2.06. The van der Waals surface area contributed by atoms with Gasteiger partial charge < -0.3 is 20.6 Å². The molecule has 8 nitrogen and oxygen atoms in total. The first kappa shape index (κ1) is 31.0. The highest BCUT2D eigenvalue weighted by atomic mass is 32.1. The molecule has 44 heavy (non-hydrogen) atoms. The zero-order valence-corrected chi connectivity index (χ0v) is 26.4. The van der Waals surface area contributed by atoms with Gasteiger partial charge in [-0.3, -0.25) is 9.97 Å². The van der Waals surface area contributed by atoms with Gasteiger partial charge in [0.15, 0.2) is 10.3 Å². The van der Waals surface area contributed by atoms with E-state index in [4.69, 9.17) is 5.11 Å². The quantitative estimate of drug-likeness (QED) is 0.137. The molecule has 6 aromatic rings. The summed E-state index contributed by atoms with van der Waals surface area (Å²) in [5.74, 6) is 0. The van der Waals surface area contributed by atoms with Crippen molar-refractivity contribution in [3.05, 3.63) is 119 Å². The number of benzene rings is 2. The molecule has 2 aromatic carbocycles. The average Bonchev–Trinajstić information content (AvgIpc) is 3.73. The number of aromatic nitrogens is 4. The SMILES string of the molecule is CN(C)CCc1ccc(Nc2nc(-c3ccncc3)cs2)cc1.OCCc1ccc(Nc2nc(-c3ccncc3)cs2)cc1. The number of nitrogens with one attached hydrogen (secondary N) is 2. The van der Waals surface area contributed by atoms with E-state index in [9.17, 15) is 0 Å². The molecule has 6 rings (SSSR count). The molecule has 0 saturated carbocycles. The Morgan fingerprint density at radius 3 is 1.45 bits per heavy atom. The molecule has 3 N–H and O–H groups in total. The lowest BCUT2D eigenvalue weighted by Crippen LogP contribution is -2.14. The summed E-state index contributed by atoms with van der Waals surface area (Å²) in [5.41, 5.74) is 8.60. The lowest BCUT2D eigenvalue weighted by Gasteiger charge is -2.09. The second-order valence-corrected chi connectivity index (χ2v) is 11.9. The number of nitrogens with zero attached hydrogens (tertiary/aromatic N) is 5. The lowest BCUT2D eigenvalue weighted by molar-refractivity contribution is 0.299. The van der Waals surface area contributed by atoms with Crippen LogP contribution in [0.4, 0.5) is 21.6 Å². The van der Waals surface area contributed by atoms with Crippen LogP contribution in [0.15, 0.2) is 108 Å². The molecule has 0 bridgehead atoms. The van der Waals surface area contributed by atoms with Crippen molar-refractivity contribution >= 4 is 44.3 Å². The molecule has 10 heteroatoms. The number of likely N-dealkylation sites (N-methyl/N-ethyl adjacent to an activating group) is 1. The summed E-state index contributed by atoms with van der Waals surface area (Å²) in [6, 6.07) is 24.4. The van der Waals surface area contributed by atoms with Gasteiger partial charge in [-0.15, -0.1) is 22.7 Å². The number of aliphatic hydroxyl groups excluding tert-OH is 1. The minimum atomic E-state index is 0.175. The van der Waals surface area contributed by atoms with Crippen LogP contribution in [-0.4, -0.2) is 57.2 Å². The van der Waals surface area contributed by atoms with Gasteiger partial charge in [-0.25, -0.2) is 9.97 Å². The van der Waals surface area contributed by atoms with Crippen molar-refractivity contribution in [3.63, 3.8) is 0 Å². The number of thiazole rings is 2. The fraction of sp³-hybridized carbons (Fsp3) is 0.176. The number of hydrogen-bond acceptors (Lipinski definition) is 10. The molecule has 0 radical (unpaired) electrons. The van der Waals surface area contributed by atoms with Gasteiger partial charge in [-0.05, 0) is 86.6 Å². The van der Waals surface area contributed by atoms with Crippen molar-refractivity contribution in [2.75, 3.05) is 37.9 Å². The molecule has 224 valence electrons. The minimum Gasteiger partial charge on any atom is -0.396 e. The van der Waals surface area contributed by atoms with Gasteiger partial charge >= 0.3 is 0 Å². The molecule has 0 aliphatic rings. The molecule has 0 amide bonds. The fourth-order valence-electron chi connectivity index (χ4n) is 4.21. The summed E-state index contributed by atoms with van der Waals surface area (Å²) in [5, 5.41) is 21.4. The van der Waals surface area contributed by atoms with Crippen molar-refractivity contribution < 1.29 is 5.11 Å². The molecular weight excluding hydrogens is 587 g/mol. The minimum absolute atomic E-state index is 0.175. The van der Waals surface area contributed by atoms with Crippen LogP contribution in [0.3, 0.4) is 0 Å². The van der Waals surface area contributed by atoms with E-state index in [0.29, 0.717) is 6.42 Å². The van der Waals surface area contributed by atoms with E-state index in [0.717, 1.165) is 62.7 Å². The Bertz CT molecular complexity index is 1690. The van der Waals surface area contributed by atoms with Gasteiger partial charge in [-0.1, -0.05) is 24.3 Å². The number of aliphatic hydroxyl groups is 1. The monoisotopic (exact) mass is 621 g/mol. The topological polar surface area (TPSA) is 99.1 Å². The number of anilines is 4. The van der Waals surface area contributed by atoms with Crippen LogP contribution < -0.4 is 10.6 Å². The highest BCUT2D eigenvalue weighted by molar-refractivity contribution is 7.14. The van der Waals surface area contributed by atoms with Crippen molar-refractivity contribution in [3.8, 4) is 22.5 Å². The normalized spacial score (nSPS) is 10.7. The smallest absolute Gasteiger partial charge is 0.187 e. The first-order chi connectivity index (χ1) is 21.6. The summed E-state index contributed by atoms with van der Waals surface area (Å²) in [4.78, 5) is 19.4. The molecule has 4 aromatic heterocycles. The number of rotatable bonds is 11. The third kappa shape index (κ3) is 9.26. The van der Waals surface area contributed by atoms with Crippen LogP contribution in [-0.2, 0) is 12.8 Å². The largest absolute Gasteiger partial charge is 0.396 e. The maximum Gasteiger partial charge on any atom is 0.187 e. The van der Waals surface area contributed by atoms with Gasteiger partial charge in [0.25, 0.3) is 0 Å². The van der Waals surface area contributed by atoms with E-state index >= 15 is 0 Å². The zero-order valence-electron chi connectivity index (χ0n) is 24.7. The first-order valence-electron chi connectivity index (χ1n) is 14.2. The summed E-state index contributed by atoms with van der Waals surface area (Å²) >= 11 is 3.18. The Morgan fingerprint density at radius 1 is 0.614 bits per heavy atom.